The lowest BCUT2D eigenvalue weighted by atomic mass is 10.1. The Kier molecular flexibility index (Phi) is 5.49. The molecule has 2 aromatic carbocycles. The van der Waals surface area contributed by atoms with Gasteiger partial charge in [0, 0.05) is 16.7 Å². The van der Waals surface area contributed by atoms with Gasteiger partial charge >= 0.3 is 11.9 Å². The van der Waals surface area contributed by atoms with Crippen molar-refractivity contribution in [1.29, 1.82) is 0 Å². The molecule has 0 fully saturated rings. The fourth-order valence-electron chi connectivity index (χ4n) is 1.99. The Morgan fingerprint density at radius 1 is 1.17 bits per heavy atom. The molecule has 0 aliphatic rings. The highest BCUT2D eigenvalue weighted by Crippen LogP contribution is 2.27. The van der Waals surface area contributed by atoms with Crippen LogP contribution in [0.15, 0.2) is 48.5 Å². The first kappa shape index (κ1) is 17.4. The normalized spacial score (nSPS) is 11.4. The van der Waals surface area contributed by atoms with Crippen LogP contribution in [0.25, 0.3) is 0 Å². The largest absolute Gasteiger partial charge is 0.466 e. The molecule has 24 heavy (non-hydrogen) atoms. The van der Waals surface area contributed by atoms with Gasteiger partial charge in [0.05, 0.1) is 12.0 Å². The van der Waals surface area contributed by atoms with Gasteiger partial charge in [0.1, 0.15) is 5.56 Å². The molecular formula is C16H12ClNO6. The molecule has 0 spiro atoms. The molecule has 0 bridgehead atoms. The number of halogens is 1. The van der Waals surface area contributed by atoms with Crippen LogP contribution in [0.3, 0.4) is 0 Å². The van der Waals surface area contributed by atoms with Gasteiger partial charge in [0.15, 0.2) is 0 Å². The molecule has 0 N–H and O–H groups in total. The predicted molar refractivity (Wildman–Crippen MR) is 84.7 cm³/mol. The summed E-state index contributed by atoms with van der Waals surface area (Å²) in [5, 5.41) is 11.2. The van der Waals surface area contributed by atoms with E-state index in [1.807, 2.05) is 0 Å². The van der Waals surface area contributed by atoms with Crippen molar-refractivity contribution in [2.75, 3.05) is 7.11 Å². The Labute approximate surface area is 141 Å². The van der Waals surface area contributed by atoms with Crippen LogP contribution in [-0.2, 0) is 14.3 Å². The number of nitrogens with zero attached hydrogens (tertiary/aromatic N) is 1. The van der Waals surface area contributed by atoms with Crippen molar-refractivity contribution >= 4 is 29.2 Å². The molecule has 0 unspecified atom stereocenters. The summed E-state index contributed by atoms with van der Waals surface area (Å²) in [7, 11) is 1.15. The van der Waals surface area contributed by atoms with Gasteiger partial charge in [-0.05, 0) is 12.1 Å². The van der Waals surface area contributed by atoms with E-state index in [2.05, 4.69) is 4.74 Å². The van der Waals surface area contributed by atoms with E-state index in [1.165, 1.54) is 6.07 Å². The minimum absolute atomic E-state index is 0.127. The molecule has 0 amide bonds. The summed E-state index contributed by atoms with van der Waals surface area (Å²) in [6.07, 6.45) is -1.35. The molecule has 7 nitrogen and oxygen atoms in total. The third-order valence-electron chi connectivity index (χ3n) is 3.12. The van der Waals surface area contributed by atoms with E-state index in [0.717, 1.165) is 19.2 Å². The van der Waals surface area contributed by atoms with Gasteiger partial charge in [-0.15, -0.1) is 0 Å². The van der Waals surface area contributed by atoms with Crippen molar-refractivity contribution < 1.29 is 24.0 Å². The topological polar surface area (TPSA) is 95.7 Å². The lowest BCUT2D eigenvalue weighted by molar-refractivity contribution is -0.385. The molecular weight excluding hydrogens is 338 g/mol. The maximum atomic E-state index is 12.3. The van der Waals surface area contributed by atoms with E-state index >= 15 is 0 Å². The van der Waals surface area contributed by atoms with Crippen LogP contribution < -0.4 is 0 Å². The third-order valence-corrected chi connectivity index (χ3v) is 3.35. The smallest absolute Gasteiger partial charge is 0.351 e. The molecule has 0 radical (unpaired) electrons. The quantitative estimate of drug-likeness (QED) is 0.466. The number of ether oxygens (including phenoxy) is 2. The predicted octanol–water partition coefficient (Wildman–Crippen LogP) is 3.32. The second-order valence-corrected chi connectivity index (χ2v) is 5.07. The number of rotatable bonds is 5. The van der Waals surface area contributed by atoms with Gasteiger partial charge in [-0.25, -0.2) is 9.59 Å². The van der Waals surface area contributed by atoms with Crippen LogP contribution in [0.4, 0.5) is 5.69 Å². The first-order valence-corrected chi connectivity index (χ1v) is 7.09. The fourth-order valence-corrected chi connectivity index (χ4v) is 2.16. The number of methoxy groups -OCH3 is 1. The Bertz CT molecular complexity index is 777. The first-order chi connectivity index (χ1) is 11.4. The summed E-state index contributed by atoms with van der Waals surface area (Å²) in [5.41, 5.74) is -0.444. The minimum atomic E-state index is -1.35. The SMILES string of the molecule is COC(=O)[C@H](OC(=O)c1cc(Cl)ccc1[N+](=O)[O-])c1ccccc1. The molecule has 0 heterocycles. The van der Waals surface area contributed by atoms with E-state index in [4.69, 9.17) is 16.3 Å². The van der Waals surface area contributed by atoms with Gasteiger partial charge in [-0.3, -0.25) is 10.1 Å². The molecule has 0 aromatic heterocycles. The Morgan fingerprint density at radius 2 is 1.83 bits per heavy atom. The highest BCUT2D eigenvalue weighted by molar-refractivity contribution is 6.31. The van der Waals surface area contributed by atoms with Crippen LogP contribution >= 0.6 is 11.6 Å². The molecule has 8 heteroatoms. The number of carbonyl (C=O) groups is 2. The number of hydrogen-bond donors (Lipinski definition) is 0. The van der Waals surface area contributed by atoms with Crippen LogP contribution in [0.2, 0.25) is 5.02 Å². The molecule has 2 aromatic rings. The van der Waals surface area contributed by atoms with Gasteiger partial charge in [-0.2, -0.15) is 0 Å². The van der Waals surface area contributed by atoms with Crippen LogP contribution in [0.1, 0.15) is 22.0 Å². The first-order valence-electron chi connectivity index (χ1n) is 6.71. The number of esters is 2. The second-order valence-electron chi connectivity index (χ2n) is 4.64. The van der Waals surface area contributed by atoms with Crippen molar-refractivity contribution in [2.24, 2.45) is 0 Å². The van der Waals surface area contributed by atoms with Crippen molar-refractivity contribution in [3.05, 3.63) is 74.8 Å². The van der Waals surface area contributed by atoms with E-state index < -0.39 is 28.7 Å². The molecule has 0 saturated heterocycles. The van der Waals surface area contributed by atoms with Gasteiger partial charge in [0.2, 0.25) is 6.10 Å². The minimum Gasteiger partial charge on any atom is -0.466 e. The zero-order valence-electron chi connectivity index (χ0n) is 12.5. The van der Waals surface area contributed by atoms with E-state index in [0.29, 0.717) is 5.56 Å². The lowest BCUT2D eigenvalue weighted by Gasteiger charge is -2.16. The molecule has 1 atom stereocenters. The average Bonchev–Trinajstić information content (AvgIpc) is 2.59. The number of benzene rings is 2. The van der Waals surface area contributed by atoms with Crippen LogP contribution in [0.5, 0.6) is 0 Å². The maximum Gasteiger partial charge on any atom is 0.351 e. The summed E-state index contributed by atoms with van der Waals surface area (Å²) in [4.78, 5) is 34.6. The van der Waals surface area contributed by atoms with E-state index in [-0.39, 0.29) is 10.6 Å². The van der Waals surface area contributed by atoms with Gasteiger partial charge in [0.25, 0.3) is 5.69 Å². The number of carbonyl (C=O) groups excluding carboxylic acids is 2. The van der Waals surface area contributed by atoms with E-state index in [9.17, 15) is 19.7 Å². The molecule has 0 saturated carbocycles. The average molecular weight is 350 g/mol. The number of hydrogen-bond acceptors (Lipinski definition) is 6. The van der Waals surface area contributed by atoms with Crippen molar-refractivity contribution in [2.45, 2.75) is 6.10 Å². The highest BCUT2D eigenvalue weighted by atomic mass is 35.5. The van der Waals surface area contributed by atoms with Crippen molar-refractivity contribution in [3.8, 4) is 0 Å². The molecule has 0 aliphatic carbocycles. The zero-order chi connectivity index (χ0) is 17.7. The summed E-state index contributed by atoms with van der Waals surface area (Å²) in [6, 6.07) is 11.7. The summed E-state index contributed by atoms with van der Waals surface area (Å²) >= 11 is 5.79. The fraction of sp³-hybridized carbons (Fsp3) is 0.125. The highest BCUT2D eigenvalue weighted by Gasteiger charge is 2.29. The number of nitro benzene ring substituents is 1. The van der Waals surface area contributed by atoms with Crippen molar-refractivity contribution in [1.82, 2.24) is 0 Å². The van der Waals surface area contributed by atoms with E-state index in [1.54, 1.807) is 30.3 Å². The molecule has 124 valence electrons. The summed E-state index contributed by atoms with van der Waals surface area (Å²) in [5.74, 6) is -1.86. The number of nitro groups is 1. The van der Waals surface area contributed by atoms with Crippen LogP contribution in [-0.4, -0.2) is 24.0 Å². The Hall–Kier alpha value is -2.93. The monoisotopic (exact) mass is 349 g/mol. The van der Waals surface area contributed by atoms with Gasteiger partial charge in [-0.1, -0.05) is 41.9 Å². The molecule has 2 rings (SSSR count). The van der Waals surface area contributed by atoms with Crippen LogP contribution in [0, 0.1) is 10.1 Å². The van der Waals surface area contributed by atoms with Gasteiger partial charge < -0.3 is 9.47 Å². The second kappa shape index (κ2) is 7.56. The maximum absolute atomic E-state index is 12.3. The Balaban J connectivity index is 2.37. The lowest BCUT2D eigenvalue weighted by Crippen LogP contribution is -2.21. The Morgan fingerprint density at radius 3 is 2.42 bits per heavy atom. The summed E-state index contributed by atoms with van der Waals surface area (Å²) in [6.45, 7) is 0. The summed E-state index contributed by atoms with van der Waals surface area (Å²) < 4.78 is 9.77. The zero-order valence-corrected chi connectivity index (χ0v) is 13.2. The van der Waals surface area contributed by atoms with Crippen molar-refractivity contribution in [3.63, 3.8) is 0 Å². The standard InChI is InChI=1S/C16H12ClNO6/c1-23-16(20)14(10-5-3-2-4-6-10)24-15(19)12-9-11(17)7-8-13(12)18(21)22/h2-9,14H,1H3/t14-/m1/s1. The molecule has 0 aliphatic heterocycles. The third kappa shape index (κ3) is 3.88.